The number of hydrogen-bond acceptors (Lipinski definition) is 3. The number of amides is 1. The lowest BCUT2D eigenvalue weighted by Gasteiger charge is -2.19. The molecule has 1 aliphatic rings. The molecule has 0 saturated carbocycles. The third-order valence-corrected chi connectivity index (χ3v) is 5.40. The van der Waals surface area contributed by atoms with Gasteiger partial charge in [0.15, 0.2) is 0 Å². The normalized spacial score (nSPS) is 13.8. The molecule has 0 spiro atoms. The van der Waals surface area contributed by atoms with Crippen LogP contribution in [0.4, 0.5) is 10.1 Å². The van der Waals surface area contributed by atoms with Crippen LogP contribution in [0.3, 0.4) is 0 Å². The summed E-state index contributed by atoms with van der Waals surface area (Å²) in [5.74, 6) is -0.531. The first-order valence-electron chi connectivity index (χ1n) is 7.51. The molecule has 0 unspecified atom stereocenters. The van der Waals surface area contributed by atoms with Gasteiger partial charge >= 0.3 is 0 Å². The Morgan fingerprint density at radius 3 is 3.00 bits per heavy atom. The van der Waals surface area contributed by atoms with Gasteiger partial charge in [-0.3, -0.25) is 4.79 Å². The average Bonchev–Trinajstić information content (AvgIpc) is 2.91. The summed E-state index contributed by atoms with van der Waals surface area (Å²) in [4.78, 5) is 14.2. The second kappa shape index (κ2) is 6.18. The van der Waals surface area contributed by atoms with Crippen molar-refractivity contribution in [1.29, 1.82) is 0 Å². The molecule has 3 nitrogen and oxygen atoms in total. The molecular weight excluding hydrogens is 299 g/mol. The van der Waals surface area contributed by atoms with Gasteiger partial charge in [-0.2, -0.15) is 0 Å². The average molecular weight is 318 g/mol. The van der Waals surface area contributed by atoms with Crippen LogP contribution in [0.15, 0.2) is 18.2 Å². The van der Waals surface area contributed by atoms with Gasteiger partial charge in [-0.25, -0.2) is 4.39 Å². The number of aryl methyl sites for hydroxylation is 2. The van der Waals surface area contributed by atoms with Gasteiger partial charge in [-0.15, -0.1) is 11.3 Å². The third-order valence-electron chi connectivity index (χ3n) is 4.02. The SMILES string of the molecule is CCc1sc(C(=O)Nc2ccc3c(c2F)CCNC3)cc1C. The minimum absolute atomic E-state index is 0.236. The highest BCUT2D eigenvalue weighted by Crippen LogP contribution is 2.27. The first-order chi connectivity index (χ1) is 10.6. The Kier molecular flexibility index (Phi) is 4.27. The summed E-state index contributed by atoms with van der Waals surface area (Å²) in [5, 5.41) is 5.93. The first kappa shape index (κ1) is 15.2. The lowest BCUT2D eigenvalue weighted by atomic mass is 9.99. The van der Waals surface area contributed by atoms with Gasteiger partial charge in [0.05, 0.1) is 10.6 Å². The summed E-state index contributed by atoms with van der Waals surface area (Å²) in [6, 6.07) is 5.41. The fourth-order valence-electron chi connectivity index (χ4n) is 2.80. The monoisotopic (exact) mass is 318 g/mol. The molecule has 2 heterocycles. The Bertz CT molecular complexity index is 724. The summed E-state index contributed by atoms with van der Waals surface area (Å²) in [5.41, 5.74) is 3.08. The third kappa shape index (κ3) is 2.78. The molecule has 0 fully saturated rings. The lowest BCUT2D eigenvalue weighted by Crippen LogP contribution is -2.25. The van der Waals surface area contributed by atoms with Gasteiger partial charge in [0.1, 0.15) is 5.82 Å². The van der Waals surface area contributed by atoms with Crippen molar-refractivity contribution in [3.8, 4) is 0 Å². The standard InChI is InChI=1S/C17H19FN2OS/c1-3-14-10(2)8-15(22-14)17(21)20-13-5-4-11-9-19-7-6-12(11)16(13)18/h4-5,8,19H,3,6-7,9H2,1-2H3,(H,20,21). The number of rotatable bonds is 3. The fourth-order valence-corrected chi connectivity index (χ4v) is 3.81. The molecule has 2 aromatic rings. The molecule has 5 heteroatoms. The van der Waals surface area contributed by atoms with Gasteiger partial charge in [0.25, 0.3) is 5.91 Å². The second-order valence-electron chi connectivity index (χ2n) is 5.52. The van der Waals surface area contributed by atoms with E-state index in [1.807, 2.05) is 19.1 Å². The Morgan fingerprint density at radius 2 is 2.27 bits per heavy atom. The Balaban J connectivity index is 1.84. The summed E-state index contributed by atoms with van der Waals surface area (Å²) < 4.78 is 14.5. The fraction of sp³-hybridized carbons (Fsp3) is 0.353. The predicted octanol–water partition coefficient (Wildman–Crippen LogP) is 3.66. The molecule has 0 radical (unpaired) electrons. The molecule has 1 aliphatic heterocycles. The summed E-state index contributed by atoms with van der Waals surface area (Å²) in [6.07, 6.45) is 1.56. The molecule has 1 aromatic heterocycles. The van der Waals surface area contributed by atoms with E-state index >= 15 is 0 Å². The summed E-state index contributed by atoms with van der Waals surface area (Å²) in [7, 11) is 0. The zero-order chi connectivity index (χ0) is 15.7. The van der Waals surface area contributed by atoms with E-state index in [1.165, 1.54) is 16.2 Å². The van der Waals surface area contributed by atoms with Crippen molar-refractivity contribution in [2.45, 2.75) is 33.2 Å². The van der Waals surface area contributed by atoms with E-state index in [9.17, 15) is 9.18 Å². The van der Waals surface area contributed by atoms with Crippen LogP contribution in [0.2, 0.25) is 0 Å². The van der Waals surface area contributed by atoms with Crippen molar-refractivity contribution in [2.24, 2.45) is 0 Å². The smallest absolute Gasteiger partial charge is 0.265 e. The zero-order valence-electron chi connectivity index (χ0n) is 12.8. The highest BCUT2D eigenvalue weighted by Gasteiger charge is 2.19. The number of thiophene rings is 1. The van der Waals surface area contributed by atoms with Crippen molar-refractivity contribution in [2.75, 3.05) is 11.9 Å². The van der Waals surface area contributed by atoms with E-state index in [-0.39, 0.29) is 17.4 Å². The van der Waals surface area contributed by atoms with Gasteiger partial charge < -0.3 is 10.6 Å². The van der Waals surface area contributed by atoms with Gasteiger partial charge in [-0.05, 0) is 55.1 Å². The predicted molar refractivity (Wildman–Crippen MR) is 88.2 cm³/mol. The first-order valence-corrected chi connectivity index (χ1v) is 8.33. The number of fused-ring (bicyclic) bond motifs is 1. The molecule has 22 heavy (non-hydrogen) atoms. The van der Waals surface area contributed by atoms with Crippen LogP contribution in [-0.2, 0) is 19.4 Å². The van der Waals surface area contributed by atoms with E-state index in [2.05, 4.69) is 17.6 Å². The Labute approximate surface area is 133 Å². The van der Waals surface area contributed by atoms with Gasteiger partial charge in [-0.1, -0.05) is 13.0 Å². The highest BCUT2D eigenvalue weighted by atomic mass is 32.1. The molecule has 116 valence electrons. The van der Waals surface area contributed by atoms with E-state index in [0.717, 1.165) is 24.1 Å². The molecule has 0 aliphatic carbocycles. The number of carbonyl (C=O) groups is 1. The molecule has 1 amide bonds. The Hall–Kier alpha value is -1.72. The van der Waals surface area contributed by atoms with Gasteiger partial charge in [0, 0.05) is 11.4 Å². The lowest BCUT2D eigenvalue weighted by molar-refractivity contribution is 0.103. The number of benzene rings is 1. The number of carbonyl (C=O) groups excluding carboxylic acids is 1. The van der Waals surface area contributed by atoms with Crippen LogP contribution < -0.4 is 10.6 Å². The Morgan fingerprint density at radius 1 is 1.45 bits per heavy atom. The molecule has 3 rings (SSSR count). The van der Waals surface area contributed by atoms with Crippen molar-refractivity contribution < 1.29 is 9.18 Å². The minimum atomic E-state index is -0.295. The molecule has 1 aromatic carbocycles. The van der Waals surface area contributed by atoms with Crippen LogP contribution in [0.1, 0.15) is 38.2 Å². The maximum absolute atomic E-state index is 14.5. The van der Waals surface area contributed by atoms with Crippen LogP contribution in [0.5, 0.6) is 0 Å². The quantitative estimate of drug-likeness (QED) is 0.907. The molecule has 2 N–H and O–H groups in total. The number of halogens is 1. The van der Waals surface area contributed by atoms with Crippen molar-refractivity contribution >= 4 is 22.9 Å². The van der Waals surface area contributed by atoms with Crippen molar-refractivity contribution in [3.05, 3.63) is 50.5 Å². The topological polar surface area (TPSA) is 41.1 Å². The molecular formula is C17H19FN2OS. The largest absolute Gasteiger partial charge is 0.319 e. The van der Waals surface area contributed by atoms with Crippen molar-refractivity contribution in [3.63, 3.8) is 0 Å². The summed E-state index contributed by atoms with van der Waals surface area (Å²) in [6.45, 7) is 5.52. The van der Waals surface area contributed by atoms with Crippen LogP contribution in [0.25, 0.3) is 0 Å². The van der Waals surface area contributed by atoms with E-state index < -0.39 is 0 Å². The zero-order valence-corrected chi connectivity index (χ0v) is 13.6. The molecule has 0 saturated heterocycles. The highest BCUT2D eigenvalue weighted by molar-refractivity contribution is 7.14. The molecule has 0 bridgehead atoms. The van der Waals surface area contributed by atoms with Crippen LogP contribution in [-0.4, -0.2) is 12.5 Å². The second-order valence-corrected chi connectivity index (χ2v) is 6.65. The summed E-state index contributed by atoms with van der Waals surface area (Å²) >= 11 is 1.48. The number of hydrogen-bond donors (Lipinski definition) is 2. The van der Waals surface area contributed by atoms with E-state index in [4.69, 9.17) is 0 Å². The van der Waals surface area contributed by atoms with Gasteiger partial charge in [0.2, 0.25) is 0 Å². The van der Waals surface area contributed by atoms with Crippen LogP contribution >= 0.6 is 11.3 Å². The van der Waals surface area contributed by atoms with E-state index in [1.54, 1.807) is 6.07 Å². The van der Waals surface area contributed by atoms with Crippen molar-refractivity contribution in [1.82, 2.24) is 5.32 Å². The van der Waals surface area contributed by atoms with Crippen LogP contribution in [0, 0.1) is 12.7 Å². The number of anilines is 1. The maximum atomic E-state index is 14.5. The minimum Gasteiger partial charge on any atom is -0.319 e. The maximum Gasteiger partial charge on any atom is 0.265 e. The van der Waals surface area contributed by atoms with E-state index in [0.29, 0.717) is 23.4 Å². The molecule has 0 atom stereocenters. The number of nitrogens with one attached hydrogen (secondary N) is 2.